The number of aromatic nitrogens is 2. The first-order valence-corrected chi connectivity index (χ1v) is 9.54. The van der Waals surface area contributed by atoms with Crippen LogP contribution in [0.25, 0.3) is 0 Å². The normalized spacial score (nSPS) is 14.4. The second-order valence-electron chi connectivity index (χ2n) is 6.74. The molecule has 2 heterocycles. The number of halogens is 2. The van der Waals surface area contributed by atoms with E-state index < -0.39 is 0 Å². The van der Waals surface area contributed by atoms with Gasteiger partial charge in [-0.3, -0.25) is 4.79 Å². The van der Waals surface area contributed by atoms with Crippen molar-refractivity contribution in [2.24, 2.45) is 0 Å². The molecule has 0 N–H and O–H groups in total. The van der Waals surface area contributed by atoms with Gasteiger partial charge in [0.15, 0.2) is 0 Å². The van der Waals surface area contributed by atoms with Gasteiger partial charge in [0, 0.05) is 31.9 Å². The predicted molar refractivity (Wildman–Crippen MR) is 110 cm³/mol. The largest absolute Gasteiger partial charge is 0.368 e. The van der Waals surface area contributed by atoms with E-state index in [0.717, 1.165) is 24.3 Å². The summed E-state index contributed by atoms with van der Waals surface area (Å²) in [4.78, 5) is 16.9. The molecule has 1 aromatic heterocycles. The van der Waals surface area contributed by atoms with Crippen LogP contribution in [0.1, 0.15) is 5.56 Å². The monoisotopic (exact) mass is 398 g/mol. The lowest BCUT2D eigenvalue weighted by atomic mass is 10.2. The Balaban J connectivity index is 1.47. The molecular formula is C21H20ClFN4O. The maximum atomic E-state index is 13.1. The number of rotatable bonds is 4. The fourth-order valence-electron chi connectivity index (χ4n) is 3.40. The van der Waals surface area contributed by atoms with Crippen LogP contribution in [0.3, 0.4) is 0 Å². The molecule has 1 aliphatic rings. The topological polar surface area (TPSA) is 41.4 Å². The van der Waals surface area contributed by atoms with Gasteiger partial charge in [-0.05, 0) is 29.8 Å². The van der Waals surface area contributed by atoms with Gasteiger partial charge in [0.1, 0.15) is 10.8 Å². The van der Waals surface area contributed by atoms with Crippen LogP contribution in [0.2, 0.25) is 5.02 Å². The Hall–Kier alpha value is -2.86. The number of hydrogen-bond acceptors (Lipinski definition) is 4. The molecule has 3 aromatic rings. The Labute approximate surface area is 167 Å². The van der Waals surface area contributed by atoms with Crippen LogP contribution in [0.15, 0.2) is 65.6 Å². The van der Waals surface area contributed by atoms with Crippen molar-refractivity contribution >= 4 is 23.0 Å². The molecule has 4 rings (SSSR count). The third kappa shape index (κ3) is 3.87. The number of anilines is 2. The smallest absolute Gasteiger partial charge is 0.287 e. The highest BCUT2D eigenvalue weighted by Gasteiger charge is 2.21. The van der Waals surface area contributed by atoms with Crippen molar-refractivity contribution in [3.05, 3.63) is 87.6 Å². The molecule has 5 nitrogen and oxygen atoms in total. The minimum atomic E-state index is -0.288. The molecule has 2 aromatic carbocycles. The summed E-state index contributed by atoms with van der Waals surface area (Å²) < 4.78 is 14.5. The van der Waals surface area contributed by atoms with E-state index >= 15 is 0 Å². The molecule has 1 saturated heterocycles. The fraction of sp³-hybridized carbons (Fsp3) is 0.238. The maximum absolute atomic E-state index is 13.1. The van der Waals surface area contributed by atoms with Crippen LogP contribution >= 0.6 is 11.6 Å². The average Bonchev–Trinajstić information content (AvgIpc) is 2.73. The average molecular weight is 399 g/mol. The summed E-state index contributed by atoms with van der Waals surface area (Å²) in [6.07, 6.45) is 1.67. The molecule has 0 atom stereocenters. The number of nitrogens with zero attached hydrogens (tertiary/aromatic N) is 4. The van der Waals surface area contributed by atoms with Gasteiger partial charge in [0.05, 0.1) is 18.4 Å². The van der Waals surface area contributed by atoms with Gasteiger partial charge >= 0.3 is 0 Å². The number of benzene rings is 2. The van der Waals surface area contributed by atoms with E-state index in [4.69, 9.17) is 11.6 Å². The Morgan fingerprint density at radius 2 is 1.57 bits per heavy atom. The van der Waals surface area contributed by atoms with Gasteiger partial charge in [-0.1, -0.05) is 41.9 Å². The summed E-state index contributed by atoms with van der Waals surface area (Å²) in [5.74, 6) is -0.240. The lowest BCUT2D eigenvalue weighted by Crippen LogP contribution is -2.47. The summed E-state index contributed by atoms with van der Waals surface area (Å²) in [7, 11) is 0. The SMILES string of the molecule is O=c1c(Cl)c(N2CCN(c3ccc(F)cc3)CC2)cnn1Cc1ccccc1. The van der Waals surface area contributed by atoms with Crippen molar-refractivity contribution in [2.75, 3.05) is 36.0 Å². The van der Waals surface area contributed by atoms with E-state index in [0.29, 0.717) is 25.3 Å². The Morgan fingerprint density at radius 1 is 0.929 bits per heavy atom. The Bertz CT molecular complexity index is 999. The molecule has 0 aliphatic carbocycles. The Morgan fingerprint density at radius 3 is 2.25 bits per heavy atom. The minimum Gasteiger partial charge on any atom is -0.368 e. The third-order valence-corrected chi connectivity index (χ3v) is 5.31. The van der Waals surface area contributed by atoms with Crippen molar-refractivity contribution in [3.63, 3.8) is 0 Å². The quantitative estimate of drug-likeness (QED) is 0.675. The van der Waals surface area contributed by atoms with Crippen molar-refractivity contribution in [2.45, 2.75) is 6.54 Å². The first-order valence-electron chi connectivity index (χ1n) is 9.17. The summed E-state index contributed by atoms with van der Waals surface area (Å²) in [6, 6.07) is 16.2. The summed E-state index contributed by atoms with van der Waals surface area (Å²) in [5, 5.41) is 4.51. The van der Waals surface area contributed by atoms with Crippen molar-refractivity contribution in [1.29, 1.82) is 0 Å². The molecular weight excluding hydrogens is 379 g/mol. The predicted octanol–water partition coefficient (Wildman–Crippen LogP) is 3.41. The highest BCUT2D eigenvalue weighted by atomic mass is 35.5. The maximum Gasteiger partial charge on any atom is 0.287 e. The van der Waals surface area contributed by atoms with E-state index in [2.05, 4.69) is 14.9 Å². The first-order chi connectivity index (χ1) is 13.6. The summed E-state index contributed by atoms with van der Waals surface area (Å²) in [6.45, 7) is 3.32. The van der Waals surface area contributed by atoms with Gasteiger partial charge in [-0.2, -0.15) is 5.10 Å². The molecule has 1 fully saturated rings. The number of hydrogen-bond donors (Lipinski definition) is 0. The molecule has 144 valence electrons. The highest BCUT2D eigenvalue weighted by molar-refractivity contribution is 6.33. The summed E-state index contributed by atoms with van der Waals surface area (Å²) >= 11 is 6.40. The standard InChI is InChI=1S/C21H20ClFN4O/c22-20-19(14-24-27(21(20)28)15-16-4-2-1-3-5-16)26-12-10-25(11-13-26)18-8-6-17(23)7-9-18/h1-9,14H,10-13,15H2. The Kier molecular flexibility index (Phi) is 5.30. The summed E-state index contributed by atoms with van der Waals surface area (Å²) in [5.41, 5.74) is 2.36. The zero-order chi connectivity index (χ0) is 19.5. The highest BCUT2D eigenvalue weighted by Crippen LogP contribution is 2.24. The van der Waals surface area contributed by atoms with E-state index in [1.807, 2.05) is 30.3 Å². The molecule has 1 aliphatic heterocycles. The minimum absolute atomic E-state index is 0.196. The van der Waals surface area contributed by atoms with Gasteiger partial charge < -0.3 is 9.80 Å². The van der Waals surface area contributed by atoms with Crippen LogP contribution in [0.4, 0.5) is 15.8 Å². The van der Waals surface area contributed by atoms with E-state index in [-0.39, 0.29) is 16.4 Å². The molecule has 0 bridgehead atoms. The molecule has 0 radical (unpaired) electrons. The van der Waals surface area contributed by atoms with Crippen molar-refractivity contribution < 1.29 is 4.39 Å². The second-order valence-corrected chi connectivity index (χ2v) is 7.12. The zero-order valence-corrected chi connectivity index (χ0v) is 16.0. The fourth-order valence-corrected chi connectivity index (χ4v) is 3.67. The second kappa shape index (κ2) is 8.02. The van der Waals surface area contributed by atoms with Gasteiger partial charge in [0.25, 0.3) is 5.56 Å². The molecule has 0 saturated carbocycles. The van der Waals surface area contributed by atoms with Crippen molar-refractivity contribution in [3.8, 4) is 0 Å². The first kappa shape index (κ1) is 18.5. The van der Waals surface area contributed by atoms with E-state index in [9.17, 15) is 9.18 Å². The van der Waals surface area contributed by atoms with Crippen LogP contribution in [0, 0.1) is 5.82 Å². The van der Waals surface area contributed by atoms with Gasteiger partial charge in [0.2, 0.25) is 0 Å². The molecule has 0 amide bonds. The van der Waals surface area contributed by atoms with Crippen LogP contribution in [-0.2, 0) is 6.54 Å². The number of piperazine rings is 1. The van der Waals surface area contributed by atoms with Crippen molar-refractivity contribution in [1.82, 2.24) is 9.78 Å². The third-order valence-electron chi connectivity index (χ3n) is 4.95. The molecule has 0 unspecified atom stereocenters. The zero-order valence-electron chi connectivity index (χ0n) is 15.3. The molecule has 0 spiro atoms. The van der Waals surface area contributed by atoms with E-state index in [1.165, 1.54) is 16.8 Å². The van der Waals surface area contributed by atoms with E-state index in [1.54, 1.807) is 18.3 Å². The van der Waals surface area contributed by atoms with Gasteiger partial charge in [-0.25, -0.2) is 9.07 Å². The van der Waals surface area contributed by atoms with Gasteiger partial charge in [-0.15, -0.1) is 0 Å². The van der Waals surface area contributed by atoms with Crippen LogP contribution in [0.5, 0.6) is 0 Å². The lowest BCUT2D eigenvalue weighted by molar-refractivity contribution is 0.618. The molecule has 7 heteroatoms. The lowest BCUT2D eigenvalue weighted by Gasteiger charge is -2.37. The van der Waals surface area contributed by atoms with Crippen LogP contribution in [-0.4, -0.2) is 36.0 Å². The van der Waals surface area contributed by atoms with Crippen LogP contribution < -0.4 is 15.4 Å². The molecule has 28 heavy (non-hydrogen) atoms.